The third-order valence-electron chi connectivity index (χ3n) is 2.38. The van der Waals surface area contributed by atoms with E-state index in [-0.39, 0.29) is 11.1 Å². The van der Waals surface area contributed by atoms with Gasteiger partial charge in [-0.2, -0.15) is 0 Å². The predicted octanol–water partition coefficient (Wildman–Crippen LogP) is 3.84. The maximum Gasteiger partial charge on any atom is 0.336 e. The van der Waals surface area contributed by atoms with Crippen LogP contribution in [0.25, 0.3) is 11.1 Å². The monoisotopic (exact) mass is 250 g/mol. The molecule has 2 nitrogen and oxygen atoms in total. The van der Waals surface area contributed by atoms with Crippen LogP contribution in [-0.4, -0.2) is 11.1 Å². The lowest BCUT2D eigenvalue weighted by Gasteiger charge is -2.07. The highest BCUT2D eigenvalue weighted by Gasteiger charge is 2.14. The number of aromatic carboxylic acids is 1. The van der Waals surface area contributed by atoms with E-state index in [1.54, 1.807) is 12.1 Å². The minimum atomic E-state index is -1.13. The van der Waals surface area contributed by atoms with E-state index in [4.69, 9.17) is 16.7 Å². The van der Waals surface area contributed by atoms with Gasteiger partial charge in [-0.15, -0.1) is 0 Å². The zero-order valence-corrected chi connectivity index (χ0v) is 9.41. The Hall–Kier alpha value is -1.87. The molecule has 4 heteroatoms. The number of halogens is 2. The molecular formula is C13H8ClFO2. The minimum absolute atomic E-state index is 0.0115. The predicted molar refractivity (Wildman–Crippen MR) is 63.8 cm³/mol. The van der Waals surface area contributed by atoms with E-state index in [2.05, 4.69) is 0 Å². The normalized spacial score (nSPS) is 10.2. The molecule has 0 unspecified atom stereocenters. The van der Waals surface area contributed by atoms with Gasteiger partial charge in [0.25, 0.3) is 0 Å². The fourth-order valence-corrected chi connectivity index (χ4v) is 1.78. The van der Waals surface area contributed by atoms with Gasteiger partial charge in [-0.05, 0) is 23.8 Å². The lowest BCUT2D eigenvalue weighted by Crippen LogP contribution is -2.00. The van der Waals surface area contributed by atoms with Crippen molar-refractivity contribution in [1.29, 1.82) is 0 Å². The number of benzene rings is 2. The van der Waals surface area contributed by atoms with E-state index in [0.717, 1.165) is 0 Å². The third kappa shape index (κ3) is 2.29. The molecule has 2 aromatic rings. The quantitative estimate of drug-likeness (QED) is 0.879. The number of hydrogen-bond donors (Lipinski definition) is 1. The number of carbonyl (C=O) groups is 1. The van der Waals surface area contributed by atoms with Crippen molar-refractivity contribution in [3.63, 3.8) is 0 Å². The Morgan fingerprint density at radius 3 is 2.47 bits per heavy atom. The second kappa shape index (κ2) is 4.55. The molecule has 0 aliphatic rings. The Morgan fingerprint density at radius 2 is 1.82 bits per heavy atom. The maximum atomic E-state index is 13.6. The molecular weight excluding hydrogens is 243 g/mol. The van der Waals surface area contributed by atoms with Crippen LogP contribution >= 0.6 is 11.6 Å². The summed E-state index contributed by atoms with van der Waals surface area (Å²) in [7, 11) is 0. The van der Waals surface area contributed by atoms with Gasteiger partial charge in [0.2, 0.25) is 0 Å². The van der Waals surface area contributed by atoms with E-state index in [1.165, 1.54) is 30.3 Å². The van der Waals surface area contributed by atoms with Crippen LogP contribution in [0.5, 0.6) is 0 Å². The van der Waals surface area contributed by atoms with Crippen LogP contribution in [0.15, 0.2) is 42.5 Å². The van der Waals surface area contributed by atoms with E-state index in [1.807, 2.05) is 0 Å². The Morgan fingerprint density at radius 1 is 1.12 bits per heavy atom. The van der Waals surface area contributed by atoms with Gasteiger partial charge < -0.3 is 5.11 Å². The van der Waals surface area contributed by atoms with Crippen molar-refractivity contribution in [3.05, 3.63) is 58.9 Å². The Kier molecular flexibility index (Phi) is 3.11. The zero-order valence-electron chi connectivity index (χ0n) is 8.65. The molecule has 0 fully saturated rings. The number of hydrogen-bond acceptors (Lipinski definition) is 1. The molecule has 2 aromatic carbocycles. The van der Waals surface area contributed by atoms with Crippen LogP contribution in [0.1, 0.15) is 10.4 Å². The standard InChI is InChI=1S/C13H8ClFO2/c14-8-5-6-9(11(7-8)13(16)17)10-3-1-2-4-12(10)15/h1-7H,(H,16,17). The van der Waals surface area contributed by atoms with Gasteiger partial charge in [0.15, 0.2) is 0 Å². The molecule has 17 heavy (non-hydrogen) atoms. The lowest BCUT2D eigenvalue weighted by molar-refractivity contribution is 0.0697. The average Bonchev–Trinajstić information content (AvgIpc) is 2.30. The first kappa shape index (κ1) is 11.6. The van der Waals surface area contributed by atoms with Gasteiger partial charge >= 0.3 is 5.97 Å². The number of carboxylic acid groups (broad SMARTS) is 1. The van der Waals surface area contributed by atoms with Crippen LogP contribution in [0.4, 0.5) is 4.39 Å². The Bertz CT molecular complexity index is 581. The summed E-state index contributed by atoms with van der Waals surface area (Å²) < 4.78 is 13.6. The van der Waals surface area contributed by atoms with Crippen molar-refractivity contribution >= 4 is 17.6 Å². The summed E-state index contributed by atoms with van der Waals surface area (Å²) >= 11 is 5.73. The van der Waals surface area contributed by atoms with Gasteiger partial charge in [0, 0.05) is 10.6 Å². The molecule has 0 atom stereocenters. The summed E-state index contributed by atoms with van der Waals surface area (Å²) in [5.41, 5.74) is 0.559. The molecule has 0 aromatic heterocycles. The highest BCUT2D eigenvalue weighted by Crippen LogP contribution is 2.28. The molecule has 0 amide bonds. The Labute approximate surface area is 102 Å². The summed E-state index contributed by atoms with van der Waals surface area (Å²) in [6.45, 7) is 0. The molecule has 2 rings (SSSR count). The zero-order chi connectivity index (χ0) is 12.4. The summed E-state index contributed by atoms with van der Waals surface area (Å²) in [5.74, 6) is -1.59. The van der Waals surface area contributed by atoms with E-state index in [9.17, 15) is 9.18 Å². The molecule has 0 saturated heterocycles. The number of rotatable bonds is 2. The van der Waals surface area contributed by atoms with Crippen molar-refractivity contribution in [3.8, 4) is 11.1 Å². The molecule has 1 N–H and O–H groups in total. The highest BCUT2D eigenvalue weighted by molar-refractivity contribution is 6.31. The van der Waals surface area contributed by atoms with Gasteiger partial charge in [0.05, 0.1) is 5.56 Å². The van der Waals surface area contributed by atoms with E-state index < -0.39 is 11.8 Å². The second-order valence-corrected chi connectivity index (χ2v) is 3.91. The van der Waals surface area contributed by atoms with Crippen molar-refractivity contribution < 1.29 is 14.3 Å². The van der Waals surface area contributed by atoms with Gasteiger partial charge in [-0.1, -0.05) is 35.9 Å². The van der Waals surface area contributed by atoms with Crippen molar-refractivity contribution in [2.24, 2.45) is 0 Å². The summed E-state index contributed by atoms with van der Waals surface area (Å²) in [5, 5.41) is 9.37. The highest BCUT2D eigenvalue weighted by atomic mass is 35.5. The molecule has 0 saturated carbocycles. The van der Waals surface area contributed by atoms with Crippen LogP contribution < -0.4 is 0 Å². The summed E-state index contributed by atoms with van der Waals surface area (Å²) in [6, 6.07) is 10.4. The van der Waals surface area contributed by atoms with E-state index >= 15 is 0 Å². The minimum Gasteiger partial charge on any atom is -0.478 e. The molecule has 0 spiro atoms. The summed E-state index contributed by atoms with van der Waals surface area (Å²) in [4.78, 5) is 11.1. The molecule has 0 aliphatic heterocycles. The SMILES string of the molecule is O=C(O)c1cc(Cl)ccc1-c1ccccc1F. The third-order valence-corrected chi connectivity index (χ3v) is 2.61. The first-order valence-corrected chi connectivity index (χ1v) is 5.25. The largest absolute Gasteiger partial charge is 0.478 e. The maximum absolute atomic E-state index is 13.6. The first-order valence-electron chi connectivity index (χ1n) is 4.87. The van der Waals surface area contributed by atoms with Gasteiger partial charge in [-0.3, -0.25) is 0 Å². The van der Waals surface area contributed by atoms with Crippen molar-refractivity contribution in [1.82, 2.24) is 0 Å². The number of carboxylic acids is 1. The van der Waals surface area contributed by atoms with E-state index in [0.29, 0.717) is 10.6 Å². The van der Waals surface area contributed by atoms with Crippen LogP contribution in [0, 0.1) is 5.82 Å². The molecule has 0 heterocycles. The van der Waals surface area contributed by atoms with Crippen molar-refractivity contribution in [2.75, 3.05) is 0 Å². The second-order valence-electron chi connectivity index (χ2n) is 3.47. The van der Waals surface area contributed by atoms with Crippen LogP contribution in [-0.2, 0) is 0 Å². The lowest BCUT2D eigenvalue weighted by atomic mass is 9.99. The van der Waals surface area contributed by atoms with Gasteiger partial charge in [-0.25, -0.2) is 9.18 Å². The van der Waals surface area contributed by atoms with Crippen LogP contribution in [0.2, 0.25) is 5.02 Å². The fourth-order valence-electron chi connectivity index (χ4n) is 1.61. The summed E-state index contributed by atoms with van der Waals surface area (Å²) in [6.07, 6.45) is 0. The smallest absolute Gasteiger partial charge is 0.336 e. The fraction of sp³-hybridized carbons (Fsp3) is 0. The molecule has 0 bridgehead atoms. The average molecular weight is 251 g/mol. The first-order chi connectivity index (χ1) is 8.09. The molecule has 0 radical (unpaired) electrons. The van der Waals surface area contributed by atoms with Gasteiger partial charge in [0.1, 0.15) is 5.82 Å². The molecule has 0 aliphatic carbocycles. The Balaban J connectivity index is 2.68. The topological polar surface area (TPSA) is 37.3 Å². The molecule has 86 valence electrons. The van der Waals surface area contributed by atoms with Crippen LogP contribution in [0.3, 0.4) is 0 Å². The van der Waals surface area contributed by atoms with Crippen molar-refractivity contribution in [2.45, 2.75) is 0 Å².